The molecule has 7 heteroatoms. The fraction of sp³-hybridized carbons (Fsp3) is 0.562. The molecule has 2 fully saturated rings. The van der Waals surface area contributed by atoms with E-state index in [0.717, 1.165) is 42.5 Å². The first kappa shape index (κ1) is 15.1. The molecule has 0 amide bonds. The molecule has 1 unspecified atom stereocenters. The van der Waals surface area contributed by atoms with Gasteiger partial charge in [-0.3, -0.25) is 0 Å². The standard InChI is InChI=1S/C16H22N4O2S/c1-19(11-12-8-9-12)23(21,22)20-10-4-7-15(20)16-17-13-5-2-3-6-14(13)18-16/h2-3,5-6,12,15H,4,7-11H2,1H3,(H,17,18). The summed E-state index contributed by atoms with van der Waals surface area (Å²) < 4.78 is 28.9. The molecule has 2 aliphatic rings. The Morgan fingerprint density at radius 2 is 2.09 bits per heavy atom. The summed E-state index contributed by atoms with van der Waals surface area (Å²) in [7, 11) is -1.73. The van der Waals surface area contributed by atoms with Gasteiger partial charge in [-0.15, -0.1) is 0 Å². The third-order valence-electron chi connectivity index (χ3n) is 4.83. The van der Waals surface area contributed by atoms with E-state index in [1.807, 2.05) is 24.3 Å². The van der Waals surface area contributed by atoms with Crippen LogP contribution in [0.1, 0.15) is 37.5 Å². The summed E-state index contributed by atoms with van der Waals surface area (Å²) in [5, 5.41) is 0. The predicted molar refractivity (Wildman–Crippen MR) is 89.0 cm³/mol. The highest BCUT2D eigenvalue weighted by molar-refractivity contribution is 7.86. The molecule has 0 bridgehead atoms. The van der Waals surface area contributed by atoms with E-state index in [1.54, 1.807) is 11.4 Å². The summed E-state index contributed by atoms with van der Waals surface area (Å²) in [6.45, 7) is 1.20. The van der Waals surface area contributed by atoms with Crippen LogP contribution in [0.5, 0.6) is 0 Å². The minimum Gasteiger partial charge on any atom is -0.341 e. The topological polar surface area (TPSA) is 69.3 Å². The first-order valence-corrected chi connectivity index (χ1v) is 9.63. The molecule has 0 radical (unpaired) electrons. The van der Waals surface area contributed by atoms with Crippen LogP contribution in [-0.2, 0) is 10.2 Å². The maximum atomic E-state index is 12.9. The Morgan fingerprint density at radius 1 is 1.30 bits per heavy atom. The molecular formula is C16H22N4O2S. The average Bonchev–Trinajstić information content (AvgIpc) is 3.05. The van der Waals surface area contributed by atoms with E-state index in [9.17, 15) is 8.42 Å². The number of imidazole rings is 1. The molecule has 0 spiro atoms. The van der Waals surface area contributed by atoms with Gasteiger partial charge in [0, 0.05) is 20.1 Å². The lowest BCUT2D eigenvalue weighted by Gasteiger charge is -2.27. The second-order valence-electron chi connectivity index (χ2n) is 6.64. The number of rotatable bonds is 5. The van der Waals surface area contributed by atoms with Gasteiger partial charge in [0.05, 0.1) is 17.1 Å². The minimum atomic E-state index is -3.42. The molecule has 1 saturated carbocycles. The van der Waals surface area contributed by atoms with Crippen LogP contribution in [0.2, 0.25) is 0 Å². The smallest absolute Gasteiger partial charge is 0.282 e. The van der Waals surface area contributed by atoms with Gasteiger partial charge >= 0.3 is 0 Å². The van der Waals surface area contributed by atoms with Crippen LogP contribution >= 0.6 is 0 Å². The monoisotopic (exact) mass is 334 g/mol. The number of H-pyrrole nitrogens is 1. The lowest BCUT2D eigenvalue weighted by Crippen LogP contribution is -2.42. The van der Waals surface area contributed by atoms with Crippen molar-refractivity contribution in [1.29, 1.82) is 0 Å². The maximum absolute atomic E-state index is 12.9. The number of hydrogen-bond acceptors (Lipinski definition) is 3. The molecule has 1 aromatic heterocycles. The number of fused-ring (bicyclic) bond motifs is 1. The Labute approximate surface area is 136 Å². The Balaban J connectivity index is 1.62. The second kappa shape index (κ2) is 5.58. The van der Waals surface area contributed by atoms with E-state index >= 15 is 0 Å². The second-order valence-corrected chi connectivity index (χ2v) is 8.63. The zero-order chi connectivity index (χ0) is 16.0. The van der Waals surface area contributed by atoms with E-state index in [-0.39, 0.29) is 6.04 Å². The largest absolute Gasteiger partial charge is 0.341 e. The lowest BCUT2D eigenvalue weighted by molar-refractivity contribution is 0.337. The molecular weight excluding hydrogens is 312 g/mol. The van der Waals surface area contributed by atoms with E-state index in [4.69, 9.17) is 0 Å². The summed E-state index contributed by atoms with van der Waals surface area (Å²) in [6, 6.07) is 7.63. The fourth-order valence-electron chi connectivity index (χ4n) is 3.36. The minimum absolute atomic E-state index is 0.186. The number of aromatic nitrogens is 2. The summed E-state index contributed by atoms with van der Waals surface area (Å²) in [6.07, 6.45) is 3.98. The van der Waals surface area contributed by atoms with Crippen LogP contribution in [0, 0.1) is 5.92 Å². The summed E-state index contributed by atoms with van der Waals surface area (Å²) in [5.41, 5.74) is 1.84. The van der Waals surface area contributed by atoms with Crippen LogP contribution < -0.4 is 0 Å². The van der Waals surface area contributed by atoms with Gasteiger partial charge in [0.15, 0.2) is 0 Å². The highest BCUT2D eigenvalue weighted by atomic mass is 32.2. The Bertz CT molecular complexity index is 779. The Kier molecular flexibility index (Phi) is 3.66. The van der Waals surface area contributed by atoms with Gasteiger partial charge in [-0.2, -0.15) is 17.0 Å². The van der Waals surface area contributed by atoms with Crippen molar-refractivity contribution in [2.75, 3.05) is 20.1 Å². The van der Waals surface area contributed by atoms with Crippen molar-refractivity contribution in [3.63, 3.8) is 0 Å². The van der Waals surface area contributed by atoms with Crippen molar-refractivity contribution < 1.29 is 8.42 Å². The molecule has 1 N–H and O–H groups in total. The zero-order valence-electron chi connectivity index (χ0n) is 13.3. The van der Waals surface area contributed by atoms with Crippen molar-refractivity contribution in [2.45, 2.75) is 31.7 Å². The highest BCUT2D eigenvalue weighted by Crippen LogP contribution is 2.36. The number of hydrogen-bond donors (Lipinski definition) is 1. The van der Waals surface area contributed by atoms with Crippen molar-refractivity contribution in [3.05, 3.63) is 30.1 Å². The summed E-state index contributed by atoms with van der Waals surface area (Å²) >= 11 is 0. The van der Waals surface area contributed by atoms with Gasteiger partial charge in [-0.1, -0.05) is 12.1 Å². The van der Waals surface area contributed by atoms with Crippen LogP contribution in [0.4, 0.5) is 0 Å². The fourth-order valence-corrected chi connectivity index (χ4v) is 5.00. The number of nitrogens with one attached hydrogen (secondary N) is 1. The lowest BCUT2D eigenvalue weighted by atomic mass is 10.2. The maximum Gasteiger partial charge on any atom is 0.282 e. The summed E-state index contributed by atoms with van der Waals surface area (Å²) in [4.78, 5) is 7.91. The van der Waals surface area contributed by atoms with Gasteiger partial charge in [0.1, 0.15) is 5.82 Å². The predicted octanol–water partition coefficient (Wildman–Crippen LogP) is 2.29. The van der Waals surface area contributed by atoms with Crippen LogP contribution in [0.15, 0.2) is 24.3 Å². The highest BCUT2D eigenvalue weighted by Gasteiger charge is 2.40. The van der Waals surface area contributed by atoms with Gasteiger partial charge in [-0.05, 0) is 43.7 Å². The molecule has 1 atom stereocenters. The zero-order valence-corrected chi connectivity index (χ0v) is 14.1. The van der Waals surface area contributed by atoms with Crippen molar-refractivity contribution in [1.82, 2.24) is 18.6 Å². The third-order valence-corrected chi connectivity index (χ3v) is 6.80. The molecule has 6 nitrogen and oxygen atoms in total. The van der Waals surface area contributed by atoms with Gasteiger partial charge in [0.25, 0.3) is 10.2 Å². The van der Waals surface area contributed by atoms with E-state index < -0.39 is 10.2 Å². The van der Waals surface area contributed by atoms with E-state index in [2.05, 4.69) is 9.97 Å². The SMILES string of the molecule is CN(CC1CC1)S(=O)(=O)N1CCCC1c1nc2ccccc2[nH]1. The number of para-hydroxylation sites is 2. The Morgan fingerprint density at radius 3 is 2.83 bits per heavy atom. The first-order chi connectivity index (χ1) is 11.1. The molecule has 4 rings (SSSR count). The number of nitrogens with zero attached hydrogens (tertiary/aromatic N) is 3. The van der Waals surface area contributed by atoms with Gasteiger partial charge in [-0.25, -0.2) is 4.98 Å². The third kappa shape index (κ3) is 2.77. The molecule has 124 valence electrons. The quantitative estimate of drug-likeness (QED) is 0.912. The number of benzene rings is 1. The molecule has 1 aliphatic heterocycles. The molecule has 1 saturated heterocycles. The normalized spacial score (nSPS) is 23.1. The molecule has 2 aromatic rings. The number of aromatic amines is 1. The summed E-state index contributed by atoms with van der Waals surface area (Å²) in [5.74, 6) is 1.30. The van der Waals surface area contributed by atoms with E-state index in [0.29, 0.717) is 19.0 Å². The first-order valence-electron chi connectivity index (χ1n) is 8.23. The van der Waals surface area contributed by atoms with Gasteiger partial charge in [0.2, 0.25) is 0 Å². The van der Waals surface area contributed by atoms with Crippen molar-refractivity contribution in [2.24, 2.45) is 5.92 Å². The van der Waals surface area contributed by atoms with E-state index in [1.165, 1.54) is 4.31 Å². The molecule has 1 aromatic carbocycles. The van der Waals surface area contributed by atoms with Crippen LogP contribution in [-0.4, -0.2) is 47.1 Å². The van der Waals surface area contributed by atoms with Crippen LogP contribution in [0.25, 0.3) is 11.0 Å². The molecule has 2 heterocycles. The van der Waals surface area contributed by atoms with Crippen LogP contribution in [0.3, 0.4) is 0 Å². The Hall–Kier alpha value is -1.44. The van der Waals surface area contributed by atoms with Crippen molar-refractivity contribution in [3.8, 4) is 0 Å². The van der Waals surface area contributed by atoms with Gasteiger partial charge < -0.3 is 4.98 Å². The average molecular weight is 334 g/mol. The van der Waals surface area contributed by atoms with Crippen molar-refractivity contribution >= 4 is 21.2 Å². The molecule has 23 heavy (non-hydrogen) atoms. The molecule has 1 aliphatic carbocycles.